The van der Waals surface area contributed by atoms with Crippen molar-refractivity contribution >= 4 is 29.9 Å². The van der Waals surface area contributed by atoms with Gasteiger partial charge in [-0.3, -0.25) is 10.2 Å². The molecule has 3 N–H and O–H groups in total. The van der Waals surface area contributed by atoms with Crippen molar-refractivity contribution < 1.29 is 9.18 Å². The number of rotatable bonds is 1. The number of carbonyl (C=O) groups is 1. The monoisotopic (exact) mass is 224 g/mol. The predicted octanol–water partition coefficient (Wildman–Crippen LogP) is 1.50. The number of hydrogen-bond donors (Lipinski definition) is 2. The molecule has 0 bridgehead atoms. The van der Waals surface area contributed by atoms with Gasteiger partial charge in [-0.05, 0) is 12.1 Å². The SMILES string of the molecule is Cl.NNC(=O)c1c(F)cccc1Cl. The molecule has 0 aliphatic rings. The molecular weight excluding hydrogens is 218 g/mol. The maximum atomic E-state index is 12.9. The van der Waals surface area contributed by atoms with Crippen LogP contribution in [-0.2, 0) is 0 Å². The van der Waals surface area contributed by atoms with Gasteiger partial charge in [0.05, 0.1) is 10.6 Å². The molecule has 13 heavy (non-hydrogen) atoms. The van der Waals surface area contributed by atoms with Gasteiger partial charge < -0.3 is 0 Å². The summed E-state index contributed by atoms with van der Waals surface area (Å²) in [7, 11) is 0. The zero-order chi connectivity index (χ0) is 9.14. The largest absolute Gasteiger partial charge is 0.290 e. The average molecular weight is 225 g/mol. The number of halogens is 3. The van der Waals surface area contributed by atoms with Gasteiger partial charge in [-0.2, -0.15) is 0 Å². The van der Waals surface area contributed by atoms with Gasteiger partial charge in [0.2, 0.25) is 0 Å². The highest BCUT2D eigenvalue weighted by atomic mass is 35.5. The lowest BCUT2D eigenvalue weighted by Crippen LogP contribution is -2.30. The summed E-state index contributed by atoms with van der Waals surface area (Å²) in [6.07, 6.45) is 0. The molecule has 0 fully saturated rings. The molecule has 0 heterocycles. The molecule has 6 heteroatoms. The van der Waals surface area contributed by atoms with E-state index >= 15 is 0 Å². The van der Waals surface area contributed by atoms with Crippen molar-refractivity contribution in [2.24, 2.45) is 5.84 Å². The molecule has 1 amide bonds. The first-order chi connectivity index (χ1) is 5.66. The van der Waals surface area contributed by atoms with Crippen LogP contribution in [-0.4, -0.2) is 5.91 Å². The Hall–Kier alpha value is -0.840. The summed E-state index contributed by atoms with van der Waals surface area (Å²) < 4.78 is 12.9. The van der Waals surface area contributed by atoms with E-state index in [0.717, 1.165) is 6.07 Å². The van der Waals surface area contributed by atoms with Gasteiger partial charge in [-0.1, -0.05) is 17.7 Å². The van der Waals surface area contributed by atoms with E-state index in [9.17, 15) is 9.18 Å². The van der Waals surface area contributed by atoms with Crippen molar-refractivity contribution in [3.05, 3.63) is 34.6 Å². The number of nitrogens with one attached hydrogen (secondary N) is 1. The first kappa shape index (κ1) is 12.2. The third kappa shape index (κ3) is 2.55. The zero-order valence-electron chi connectivity index (χ0n) is 6.38. The molecule has 0 radical (unpaired) electrons. The first-order valence-corrected chi connectivity index (χ1v) is 3.49. The fourth-order valence-corrected chi connectivity index (χ4v) is 1.04. The zero-order valence-corrected chi connectivity index (χ0v) is 7.95. The number of hydrogen-bond acceptors (Lipinski definition) is 2. The summed E-state index contributed by atoms with van der Waals surface area (Å²) in [6.45, 7) is 0. The third-order valence-corrected chi connectivity index (χ3v) is 1.64. The number of nitrogen functional groups attached to an aromatic ring is 1. The number of nitrogens with two attached hydrogens (primary N) is 1. The Morgan fingerprint density at radius 1 is 1.54 bits per heavy atom. The molecule has 0 aromatic heterocycles. The van der Waals surface area contributed by atoms with Crippen LogP contribution in [0.1, 0.15) is 10.4 Å². The number of benzene rings is 1. The van der Waals surface area contributed by atoms with Crippen LogP contribution in [0.25, 0.3) is 0 Å². The van der Waals surface area contributed by atoms with Crippen molar-refractivity contribution in [1.29, 1.82) is 0 Å². The van der Waals surface area contributed by atoms with Gasteiger partial charge in [0.15, 0.2) is 0 Å². The summed E-state index contributed by atoms with van der Waals surface area (Å²) in [5.41, 5.74) is 1.56. The highest BCUT2D eigenvalue weighted by Gasteiger charge is 2.13. The van der Waals surface area contributed by atoms with Gasteiger partial charge in [-0.25, -0.2) is 10.2 Å². The van der Waals surface area contributed by atoms with Gasteiger partial charge >= 0.3 is 0 Å². The normalized spacial score (nSPS) is 8.85. The Bertz CT molecular complexity index is 299. The second-order valence-corrected chi connectivity index (χ2v) is 2.48. The Balaban J connectivity index is 0.00000144. The van der Waals surface area contributed by atoms with E-state index in [1.165, 1.54) is 12.1 Å². The summed E-state index contributed by atoms with van der Waals surface area (Å²) in [6, 6.07) is 3.95. The van der Waals surface area contributed by atoms with Crippen molar-refractivity contribution in [2.75, 3.05) is 0 Å². The predicted molar refractivity (Wildman–Crippen MR) is 50.3 cm³/mol. The molecule has 0 aliphatic carbocycles. The Kier molecular flexibility index (Phi) is 4.69. The molecular formula is C7H7Cl2FN2O. The van der Waals surface area contributed by atoms with E-state index in [1.807, 2.05) is 0 Å². The smallest absolute Gasteiger partial charge is 0.269 e. The van der Waals surface area contributed by atoms with Crippen LogP contribution in [0.4, 0.5) is 4.39 Å². The van der Waals surface area contributed by atoms with Crippen LogP contribution >= 0.6 is 24.0 Å². The van der Waals surface area contributed by atoms with Crippen LogP contribution in [0, 0.1) is 5.82 Å². The molecule has 72 valence electrons. The molecule has 0 atom stereocenters. The minimum absolute atomic E-state index is 0. The van der Waals surface area contributed by atoms with E-state index in [-0.39, 0.29) is 23.0 Å². The Morgan fingerprint density at radius 2 is 2.15 bits per heavy atom. The highest BCUT2D eigenvalue weighted by Crippen LogP contribution is 2.17. The lowest BCUT2D eigenvalue weighted by Gasteiger charge is -2.02. The summed E-state index contributed by atoms with van der Waals surface area (Å²) in [4.78, 5) is 10.9. The Labute approximate surface area is 85.4 Å². The van der Waals surface area contributed by atoms with E-state index in [1.54, 1.807) is 5.43 Å². The molecule has 1 rings (SSSR count). The second-order valence-electron chi connectivity index (χ2n) is 2.07. The minimum Gasteiger partial charge on any atom is -0.290 e. The van der Waals surface area contributed by atoms with Crippen molar-refractivity contribution in [1.82, 2.24) is 5.43 Å². The van der Waals surface area contributed by atoms with Gasteiger partial charge in [0.25, 0.3) is 5.91 Å². The standard InChI is InChI=1S/C7H6ClFN2O.ClH/c8-4-2-1-3-5(9)6(4)7(12)11-10;/h1-3H,10H2,(H,11,12);1H. The van der Waals surface area contributed by atoms with E-state index in [2.05, 4.69) is 0 Å². The van der Waals surface area contributed by atoms with Crippen LogP contribution in [0.15, 0.2) is 18.2 Å². The Morgan fingerprint density at radius 3 is 2.62 bits per heavy atom. The van der Waals surface area contributed by atoms with Crippen LogP contribution in [0.2, 0.25) is 5.02 Å². The maximum absolute atomic E-state index is 12.9. The molecule has 1 aromatic rings. The van der Waals surface area contributed by atoms with Crippen molar-refractivity contribution in [3.63, 3.8) is 0 Å². The maximum Gasteiger partial charge on any atom is 0.269 e. The first-order valence-electron chi connectivity index (χ1n) is 3.11. The average Bonchev–Trinajstić information content (AvgIpc) is 2.03. The summed E-state index contributed by atoms with van der Waals surface area (Å²) in [5.74, 6) is 3.39. The molecule has 0 saturated carbocycles. The number of carbonyl (C=O) groups excluding carboxylic acids is 1. The van der Waals surface area contributed by atoms with Crippen LogP contribution < -0.4 is 11.3 Å². The summed E-state index contributed by atoms with van der Waals surface area (Å²) >= 11 is 5.55. The van der Waals surface area contributed by atoms with E-state index in [0.29, 0.717) is 0 Å². The molecule has 0 saturated heterocycles. The van der Waals surface area contributed by atoms with E-state index < -0.39 is 11.7 Å². The topological polar surface area (TPSA) is 55.1 Å². The molecule has 0 unspecified atom stereocenters. The molecule has 3 nitrogen and oxygen atoms in total. The molecule has 0 spiro atoms. The highest BCUT2D eigenvalue weighted by molar-refractivity contribution is 6.33. The van der Waals surface area contributed by atoms with E-state index in [4.69, 9.17) is 17.4 Å². The van der Waals surface area contributed by atoms with Crippen molar-refractivity contribution in [2.45, 2.75) is 0 Å². The second kappa shape index (κ2) is 5.01. The van der Waals surface area contributed by atoms with Crippen molar-refractivity contribution in [3.8, 4) is 0 Å². The van der Waals surface area contributed by atoms with Crippen LogP contribution in [0.3, 0.4) is 0 Å². The minimum atomic E-state index is -0.738. The fraction of sp³-hybridized carbons (Fsp3) is 0. The third-order valence-electron chi connectivity index (χ3n) is 1.32. The van der Waals surface area contributed by atoms with Gasteiger partial charge in [-0.15, -0.1) is 12.4 Å². The summed E-state index contributed by atoms with van der Waals surface area (Å²) in [5, 5.41) is 0.0398. The van der Waals surface area contributed by atoms with Gasteiger partial charge in [0, 0.05) is 0 Å². The lowest BCUT2D eigenvalue weighted by atomic mass is 10.2. The van der Waals surface area contributed by atoms with Gasteiger partial charge in [0.1, 0.15) is 5.82 Å². The number of amides is 1. The molecule has 1 aromatic carbocycles. The quantitative estimate of drug-likeness (QED) is 0.432. The number of hydrazine groups is 1. The molecule has 0 aliphatic heterocycles. The fourth-order valence-electron chi connectivity index (χ4n) is 0.787. The lowest BCUT2D eigenvalue weighted by molar-refractivity contribution is 0.0950. The van der Waals surface area contributed by atoms with Crippen LogP contribution in [0.5, 0.6) is 0 Å².